The largest absolute Gasteiger partial charge is 0.379 e. The maximum atomic E-state index is 12.7. The molecule has 0 spiro atoms. The van der Waals surface area contributed by atoms with Gasteiger partial charge in [0.15, 0.2) is 5.13 Å². The summed E-state index contributed by atoms with van der Waals surface area (Å²) < 4.78 is 5.36. The summed E-state index contributed by atoms with van der Waals surface area (Å²) in [5.41, 5.74) is 3.23. The van der Waals surface area contributed by atoms with E-state index in [-0.39, 0.29) is 24.2 Å². The minimum atomic E-state index is -0.334. The van der Waals surface area contributed by atoms with Gasteiger partial charge in [0.25, 0.3) is 0 Å². The molecule has 2 fully saturated rings. The van der Waals surface area contributed by atoms with E-state index in [1.165, 1.54) is 16.9 Å². The highest BCUT2D eigenvalue weighted by Crippen LogP contribution is 2.24. The van der Waals surface area contributed by atoms with Crippen molar-refractivity contribution in [2.45, 2.75) is 26.4 Å². The third kappa shape index (κ3) is 5.20. The van der Waals surface area contributed by atoms with E-state index in [0.29, 0.717) is 18.2 Å². The minimum absolute atomic E-state index is 0.0258. The lowest BCUT2D eigenvalue weighted by atomic mass is 10.1. The first-order valence-corrected chi connectivity index (χ1v) is 10.8. The summed E-state index contributed by atoms with van der Waals surface area (Å²) in [4.78, 5) is 33.6. The lowest BCUT2D eigenvalue weighted by Crippen LogP contribution is -2.35. The van der Waals surface area contributed by atoms with E-state index in [0.717, 1.165) is 44.1 Å². The average Bonchev–Trinajstić information content (AvgIpc) is 3.31. The van der Waals surface area contributed by atoms with E-state index >= 15 is 0 Å². The molecule has 1 N–H and O–H groups in total. The number of rotatable bonds is 6. The molecule has 3 heterocycles. The second-order valence-corrected chi connectivity index (χ2v) is 8.54. The number of hydrogen-bond acceptors (Lipinski definition) is 6. The normalized spacial score (nSPS) is 20.2. The van der Waals surface area contributed by atoms with Crippen LogP contribution >= 0.6 is 11.3 Å². The van der Waals surface area contributed by atoms with Gasteiger partial charge in [0.1, 0.15) is 0 Å². The fraction of sp³-hybridized carbons (Fsp3) is 0.476. The van der Waals surface area contributed by atoms with Gasteiger partial charge in [-0.15, -0.1) is 11.3 Å². The zero-order chi connectivity index (χ0) is 20.2. The number of nitrogens with zero attached hydrogens (tertiary/aromatic N) is 3. The second kappa shape index (κ2) is 9.02. The number of hydrogen-bond donors (Lipinski definition) is 1. The highest BCUT2D eigenvalue weighted by atomic mass is 32.1. The molecule has 2 amide bonds. The molecule has 0 saturated carbocycles. The molecule has 2 aromatic rings. The van der Waals surface area contributed by atoms with Crippen LogP contribution in [0, 0.1) is 12.8 Å². The van der Waals surface area contributed by atoms with Gasteiger partial charge in [0.2, 0.25) is 11.8 Å². The SMILES string of the molecule is Cc1ccc(CN2CC(C(=O)Nc3nc(CN4CCOCC4)cs3)CC2=O)cc1. The monoisotopic (exact) mass is 414 g/mol. The Kier molecular flexibility index (Phi) is 6.22. The van der Waals surface area contributed by atoms with E-state index in [1.54, 1.807) is 4.90 Å². The number of thiazole rings is 1. The summed E-state index contributed by atoms with van der Waals surface area (Å²) in [6, 6.07) is 8.14. The van der Waals surface area contributed by atoms with Crippen molar-refractivity contribution in [3.05, 3.63) is 46.5 Å². The van der Waals surface area contributed by atoms with Crippen molar-refractivity contribution in [3.8, 4) is 0 Å². The lowest BCUT2D eigenvalue weighted by Gasteiger charge is -2.25. The van der Waals surface area contributed by atoms with Crippen LogP contribution in [-0.2, 0) is 27.4 Å². The number of nitrogens with one attached hydrogen (secondary N) is 1. The number of aromatic nitrogens is 1. The lowest BCUT2D eigenvalue weighted by molar-refractivity contribution is -0.128. The third-order valence-corrected chi connectivity index (χ3v) is 6.16. The molecular weight excluding hydrogens is 388 g/mol. The summed E-state index contributed by atoms with van der Waals surface area (Å²) in [7, 11) is 0. The molecule has 1 atom stereocenters. The minimum Gasteiger partial charge on any atom is -0.379 e. The Labute approximate surface area is 174 Å². The second-order valence-electron chi connectivity index (χ2n) is 7.68. The van der Waals surface area contributed by atoms with Crippen LogP contribution in [0.5, 0.6) is 0 Å². The molecule has 0 aliphatic carbocycles. The molecule has 2 saturated heterocycles. The predicted molar refractivity (Wildman–Crippen MR) is 112 cm³/mol. The Morgan fingerprint density at radius 2 is 2.00 bits per heavy atom. The van der Waals surface area contributed by atoms with Gasteiger partial charge in [-0.3, -0.25) is 14.5 Å². The molecule has 1 unspecified atom stereocenters. The van der Waals surface area contributed by atoms with Gasteiger partial charge >= 0.3 is 0 Å². The smallest absolute Gasteiger partial charge is 0.231 e. The van der Waals surface area contributed by atoms with Gasteiger partial charge < -0.3 is 15.0 Å². The van der Waals surface area contributed by atoms with E-state index in [4.69, 9.17) is 4.74 Å². The Morgan fingerprint density at radius 1 is 1.24 bits per heavy atom. The van der Waals surface area contributed by atoms with Crippen molar-refractivity contribution >= 4 is 28.3 Å². The average molecular weight is 415 g/mol. The van der Waals surface area contributed by atoms with Crippen molar-refractivity contribution in [1.29, 1.82) is 0 Å². The molecule has 2 aliphatic rings. The van der Waals surface area contributed by atoms with Crippen LogP contribution in [0.15, 0.2) is 29.6 Å². The van der Waals surface area contributed by atoms with Crippen LogP contribution in [0.3, 0.4) is 0 Å². The quantitative estimate of drug-likeness (QED) is 0.785. The highest BCUT2D eigenvalue weighted by molar-refractivity contribution is 7.13. The Morgan fingerprint density at radius 3 is 2.76 bits per heavy atom. The van der Waals surface area contributed by atoms with Gasteiger partial charge in [-0.2, -0.15) is 0 Å². The van der Waals surface area contributed by atoms with Gasteiger partial charge in [0.05, 0.1) is 24.8 Å². The van der Waals surface area contributed by atoms with Crippen LogP contribution in [0.4, 0.5) is 5.13 Å². The molecule has 2 aliphatic heterocycles. The topological polar surface area (TPSA) is 74.8 Å². The van der Waals surface area contributed by atoms with Gasteiger partial charge in [-0.05, 0) is 12.5 Å². The van der Waals surface area contributed by atoms with Crippen molar-refractivity contribution in [3.63, 3.8) is 0 Å². The Balaban J connectivity index is 1.29. The maximum Gasteiger partial charge on any atom is 0.231 e. The van der Waals surface area contributed by atoms with Gasteiger partial charge in [0, 0.05) is 44.5 Å². The first kappa shape index (κ1) is 20.0. The number of amides is 2. The standard InChI is InChI=1S/C21H26N4O3S/c1-15-2-4-16(5-3-15)11-25-12-17(10-19(25)26)20(27)23-21-22-18(14-29-21)13-24-6-8-28-9-7-24/h2-5,14,17H,6-13H2,1H3,(H,22,23,27). The number of likely N-dealkylation sites (tertiary alicyclic amines) is 1. The third-order valence-electron chi connectivity index (χ3n) is 5.35. The molecule has 0 bridgehead atoms. The summed E-state index contributed by atoms with van der Waals surface area (Å²) in [5.74, 6) is -0.436. The van der Waals surface area contributed by atoms with Crippen molar-refractivity contribution in [2.75, 3.05) is 38.2 Å². The van der Waals surface area contributed by atoms with E-state index < -0.39 is 0 Å². The first-order chi connectivity index (χ1) is 14.1. The molecule has 29 heavy (non-hydrogen) atoms. The molecule has 154 valence electrons. The van der Waals surface area contributed by atoms with Crippen LogP contribution in [0.25, 0.3) is 0 Å². The number of aryl methyl sites for hydroxylation is 1. The summed E-state index contributed by atoms with van der Waals surface area (Å²) in [6.07, 6.45) is 0.254. The van der Waals surface area contributed by atoms with Crippen LogP contribution in [0.1, 0.15) is 23.2 Å². The van der Waals surface area contributed by atoms with Gasteiger partial charge in [-0.25, -0.2) is 4.98 Å². The molecule has 8 heteroatoms. The van der Waals surface area contributed by atoms with Crippen molar-refractivity contribution in [1.82, 2.24) is 14.8 Å². The predicted octanol–water partition coefficient (Wildman–Crippen LogP) is 2.27. The highest BCUT2D eigenvalue weighted by Gasteiger charge is 2.34. The maximum absolute atomic E-state index is 12.7. The summed E-state index contributed by atoms with van der Waals surface area (Å²) in [6.45, 7) is 7.11. The number of ether oxygens (including phenoxy) is 1. The van der Waals surface area contributed by atoms with Crippen molar-refractivity contribution in [2.24, 2.45) is 5.92 Å². The zero-order valence-electron chi connectivity index (χ0n) is 16.6. The molecule has 4 rings (SSSR count). The Bertz CT molecular complexity index is 861. The fourth-order valence-corrected chi connectivity index (χ4v) is 4.35. The van der Waals surface area contributed by atoms with E-state index in [2.05, 4.69) is 15.2 Å². The molecule has 0 radical (unpaired) electrons. The first-order valence-electron chi connectivity index (χ1n) is 9.95. The van der Waals surface area contributed by atoms with E-state index in [9.17, 15) is 9.59 Å². The summed E-state index contributed by atoms with van der Waals surface area (Å²) >= 11 is 1.43. The number of anilines is 1. The fourth-order valence-electron chi connectivity index (χ4n) is 3.65. The molecular formula is C21H26N4O3S. The number of carbonyl (C=O) groups is 2. The summed E-state index contributed by atoms with van der Waals surface area (Å²) in [5, 5.41) is 5.48. The van der Waals surface area contributed by atoms with Crippen LogP contribution < -0.4 is 5.32 Å². The van der Waals surface area contributed by atoms with Gasteiger partial charge in [-0.1, -0.05) is 29.8 Å². The van der Waals surface area contributed by atoms with E-state index in [1.807, 2.05) is 36.6 Å². The van der Waals surface area contributed by atoms with Crippen LogP contribution in [-0.4, -0.2) is 59.4 Å². The number of carbonyl (C=O) groups excluding carboxylic acids is 2. The van der Waals surface area contributed by atoms with Crippen LogP contribution in [0.2, 0.25) is 0 Å². The Hall–Kier alpha value is -2.29. The number of benzene rings is 1. The molecule has 7 nitrogen and oxygen atoms in total. The molecule has 1 aromatic carbocycles. The number of morpholine rings is 1. The van der Waals surface area contributed by atoms with Crippen molar-refractivity contribution < 1.29 is 14.3 Å². The molecule has 1 aromatic heterocycles. The zero-order valence-corrected chi connectivity index (χ0v) is 17.4.